The second kappa shape index (κ2) is 19.4. The minimum atomic E-state index is -0.504. The zero-order valence-electron chi connectivity index (χ0n) is 30.3. The zero-order valence-corrected chi connectivity index (χ0v) is 31.9. The summed E-state index contributed by atoms with van der Waals surface area (Å²) in [5.74, 6) is 3.09. The molecule has 0 bridgehead atoms. The molecule has 10 heteroatoms. The molecular formula is C38H55BrN4O5. The second-order valence-corrected chi connectivity index (χ2v) is 14.9. The Morgan fingerprint density at radius 3 is 2.00 bits per heavy atom. The van der Waals surface area contributed by atoms with Gasteiger partial charge >= 0.3 is 6.09 Å². The highest BCUT2D eigenvalue weighted by atomic mass is 79.9. The van der Waals surface area contributed by atoms with Crippen LogP contribution in [0.5, 0.6) is 11.5 Å². The van der Waals surface area contributed by atoms with Crippen molar-refractivity contribution in [3.8, 4) is 22.6 Å². The van der Waals surface area contributed by atoms with Crippen molar-refractivity contribution in [1.29, 1.82) is 0 Å². The van der Waals surface area contributed by atoms with E-state index in [1.807, 2.05) is 77.1 Å². The molecule has 48 heavy (non-hydrogen) atoms. The summed E-state index contributed by atoms with van der Waals surface area (Å²) in [4.78, 5) is 27.3. The lowest BCUT2D eigenvalue weighted by molar-refractivity contribution is -0.114. The first-order chi connectivity index (χ1) is 22.4. The molecule has 0 fully saturated rings. The molecule has 9 nitrogen and oxygen atoms in total. The van der Waals surface area contributed by atoms with Gasteiger partial charge in [-0.2, -0.15) is 0 Å². The van der Waals surface area contributed by atoms with Crippen LogP contribution in [0.2, 0.25) is 0 Å². The second-order valence-electron chi connectivity index (χ2n) is 14.0. The van der Waals surface area contributed by atoms with Crippen LogP contribution in [0.1, 0.15) is 79.4 Å². The SMILES string of the molecule is CC(=O)Nc1cc(-c2ccc(OC[C@@H](N)CC(C)C)c(C)c2)ccn1.Cc1cc(Br)ccc1OC[C@H](CC(C)C)NC(=O)OC(C)(C)C. The number of pyridine rings is 1. The highest BCUT2D eigenvalue weighted by Crippen LogP contribution is 2.28. The number of halogens is 1. The quantitative estimate of drug-likeness (QED) is 0.161. The fraction of sp³-hybridized carbons (Fsp3) is 0.500. The maximum Gasteiger partial charge on any atom is 0.407 e. The van der Waals surface area contributed by atoms with Gasteiger partial charge in [0.15, 0.2) is 0 Å². The van der Waals surface area contributed by atoms with Crippen LogP contribution < -0.4 is 25.8 Å². The average molecular weight is 728 g/mol. The van der Waals surface area contributed by atoms with E-state index in [0.29, 0.717) is 30.9 Å². The van der Waals surface area contributed by atoms with E-state index in [9.17, 15) is 9.59 Å². The van der Waals surface area contributed by atoms with Crippen molar-refractivity contribution < 1.29 is 23.8 Å². The number of aryl methyl sites for hydroxylation is 2. The van der Waals surface area contributed by atoms with E-state index in [-0.39, 0.29) is 18.0 Å². The first-order valence-corrected chi connectivity index (χ1v) is 17.3. The number of nitrogens with zero attached hydrogens (tertiary/aromatic N) is 1. The van der Waals surface area contributed by atoms with Gasteiger partial charge in [-0.25, -0.2) is 9.78 Å². The molecule has 1 heterocycles. The molecule has 0 aliphatic carbocycles. The number of rotatable bonds is 13. The average Bonchev–Trinajstić information content (AvgIpc) is 2.94. The number of aromatic nitrogens is 1. The molecule has 1 aromatic heterocycles. The minimum absolute atomic E-state index is 0.0412. The van der Waals surface area contributed by atoms with Crippen LogP contribution in [0.15, 0.2) is 59.2 Å². The maximum atomic E-state index is 12.0. The molecule has 0 spiro atoms. The predicted octanol–water partition coefficient (Wildman–Crippen LogP) is 8.84. The third-order valence-electron chi connectivity index (χ3n) is 6.85. The summed E-state index contributed by atoms with van der Waals surface area (Å²) in [5, 5.41) is 5.61. The number of hydrogen-bond acceptors (Lipinski definition) is 7. The van der Waals surface area contributed by atoms with Crippen LogP contribution in [0, 0.1) is 25.7 Å². The number of benzene rings is 2. The number of alkyl carbamates (subject to hydrolysis) is 1. The zero-order chi connectivity index (χ0) is 36.0. The van der Waals surface area contributed by atoms with E-state index in [4.69, 9.17) is 19.9 Å². The van der Waals surface area contributed by atoms with Gasteiger partial charge in [0.05, 0.1) is 6.04 Å². The highest BCUT2D eigenvalue weighted by Gasteiger charge is 2.21. The largest absolute Gasteiger partial charge is 0.492 e. The van der Waals surface area contributed by atoms with E-state index in [2.05, 4.69) is 65.3 Å². The summed E-state index contributed by atoms with van der Waals surface area (Å²) < 4.78 is 18.1. The minimum Gasteiger partial charge on any atom is -0.492 e. The van der Waals surface area contributed by atoms with Gasteiger partial charge in [0, 0.05) is 23.6 Å². The van der Waals surface area contributed by atoms with Gasteiger partial charge in [0.25, 0.3) is 0 Å². The van der Waals surface area contributed by atoms with Crippen LogP contribution in [0.4, 0.5) is 10.6 Å². The molecular weight excluding hydrogens is 672 g/mol. The Bertz CT molecular complexity index is 1470. The monoisotopic (exact) mass is 726 g/mol. The lowest BCUT2D eigenvalue weighted by atomic mass is 10.0. The fourth-order valence-electron chi connectivity index (χ4n) is 4.90. The summed E-state index contributed by atoms with van der Waals surface area (Å²) in [6.45, 7) is 20.5. The summed E-state index contributed by atoms with van der Waals surface area (Å²) in [5.41, 5.74) is 9.72. The van der Waals surface area contributed by atoms with Crippen molar-refractivity contribution in [1.82, 2.24) is 10.3 Å². The Kier molecular flexibility index (Phi) is 16.4. The Hall–Kier alpha value is -3.63. The molecule has 0 aliphatic rings. The van der Waals surface area contributed by atoms with Gasteiger partial charge in [-0.15, -0.1) is 0 Å². The van der Waals surface area contributed by atoms with Crippen LogP contribution in [0.25, 0.3) is 11.1 Å². The summed E-state index contributed by atoms with van der Waals surface area (Å²) in [6.07, 6.45) is 3.06. The van der Waals surface area contributed by atoms with Crippen LogP contribution in [0.3, 0.4) is 0 Å². The van der Waals surface area contributed by atoms with Crippen LogP contribution >= 0.6 is 15.9 Å². The van der Waals surface area contributed by atoms with Crippen molar-refractivity contribution in [3.05, 3.63) is 70.3 Å². The normalized spacial score (nSPS) is 12.5. The Balaban J connectivity index is 0.000000335. The van der Waals surface area contributed by atoms with Gasteiger partial charge < -0.3 is 30.6 Å². The van der Waals surface area contributed by atoms with Crippen LogP contribution in [-0.4, -0.2) is 47.9 Å². The molecule has 4 N–H and O–H groups in total. The molecule has 3 rings (SSSR count). The van der Waals surface area contributed by atoms with E-state index in [1.54, 1.807) is 6.20 Å². The topological polar surface area (TPSA) is 125 Å². The molecule has 3 aromatic rings. The number of amides is 2. The number of nitrogens with two attached hydrogens (primary N) is 1. The van der Waals surface area contributed by atoms with E-state index in [0.717, 1.165) is 51.1 Å². The van der Waals surface area contributed by atoms with Gasteiger partial charge in [-0.3, -0.25) is 4.79 Å². The number of carbonyl (C=O) groups is 2. The molecule has 0 saturated heterocycles. The number of hydrogen-bond donors (Lipinski definition) is 3. The molecule has 264 valence electrons. The lowest BCUT2D eigenvalue weighted by Crippen LogP contribution is -2.42. The number of carbonyl (C=O) groups excluding carboxylic acids is 2. The smallest absolute Gasteiger partial charge is 0.407 e. The lowest BCUT2D eigenvalue weighted by Gasteiger charge is -2.25. The predicted molar refractivity (Wildman–Crippen MR) is 199 cm³/mol. The maximum absolute atomic E-state index is 12.0. The molecule has 0 unspecified atom stereocenters. The number of ether oxygens (including phenoxy) is 3. The van der Waals surface area contributed by atoms with Gasteiger partial charge in [-0.1, -0.05) is 49.7 Å². The molecule has 0 aliphatic heterocycles. The van der Waals surface area contributed by atoms with Crippen molar-refractivity contribution in [2.75, 3.05) is 18.5 Å². The Labute approximate surface area is 295 Å². The Morgan fingerprint density at radius 1 is 0.854 bits per heavy atom. The summed E-state index contributed by atoms with van der Waals surface area (Å²) >= 11 is 3.44. The van der Waals surface area contributed by atoms with Gasteiger partial charge in [0.1, 0.15) is 36.1 Å². The molecule has 0 saturated carbocycles. The van der Waals surface area contributed by atoms with E-state index < -0.39 is 11.7 Å². The fourth-order valence-corrected chi connectivity index (χ4v) is 5.37. The van der Waals surface area contributed by atoms with E-state index >= 15 is 0 Å². The first kappa shape index (κ1) is 40.5. The van der Waals surface area contributed by atoms with E-state index in [1.165, 1.54) is 6.92 Å². The van der Waals surface area contributed by atoms with Crippen molar-refractivity contribution >= 4 is 33.7 Å². The first-order valence-electron chi connectivity index (χ1n) is 16.5. The van der Waals surface area contributed by atoms with Crippen molar-refractivity contribution in [2.45, 2.75) is 99.8 Å². The van der Waals surface area contributed by atoms with Crippen LogP contribution in [-0.2, 0) is 9.53 Å². The molecule has 2 amide bonds. The molecule has 2 atom stereocenters. The molecule has 0 radical (unpaired) electrons. The highest BCUT2D eigenvalue weighted by molar-refractivity contribution is 9.10. The summed E-state index contributed by atoms with van der Waals surface area (Å²) in [7, 11) is 0. The number of anilines is 1. The van der Waals surface area contributed by atoms with Crippen molar-refractivity contribution in [3.63, 3.8) is 0 Å². The van der Waals surface area contributed by atoms with Gasteiger partial charge in [0.2, 0.25) is 5.91 Å². The van der Waals surface area contributed by atoms with Gasteiger partial charge in [-0.05, 0) is 124 Å². The molecule has 2 aromatic carbocycles. The standard InChI is InChI=1S/C20H27N3O2.C18H28BrNO3/c1-13(2)9-18(21)12-25-19-6-5-16(10-14(19)3)17-7-8-22-20(11-17)23-15(4)24;1-12(2)9-15(20-17(21)23-18(4,5)6)11-22-16-8-7-14(19)10-13(16)3/h5-8,10-11,13,18H,9,12,21H2,1-4H3,(H,22,23,24);7-8,10,12,15H,9,11H2,1-6H3,(H,20,21)/t18-;15-/m00/s1. The summed E-state index contributed by atoms with van der Waals surface area (Å²) in [6, 6.07) is 15.6. The van der Waals surface area contributed by atoms with Crippen molar-refractivity contribution in [2.24, 2.45) is 17.6 Å². The Morgan fingerprint density at radius 2 is 1.44 bits per heavy atom. The third-order valence-corrected chi connectivity index (χ3v) is 7.35. The number of nitrogens with one attached hydrogen (secondary N) is 2. The third kappa shape index (κ3) is 16.0.